The van der Waals surface area contributed by atoms with E-state index in [0.29, 0.717) is 22.7 Å². The van der Waals surface area contributed by atoms with E-state index in [4.69, 9.17) is 14.6 Å². The van der Waals surface area contributed by atoms with Crippen LogP contribution in [0.15, 0.2) is 41.3 Å². The maximum Gasteiger partial charge on any atom is 0.255 e. The summed E-state index contributed by atoms with van der Waals surface area (Å²) in [7, 11) is 1.51. The Labute approximate surface area is 134 Å². The second-order valence-electron chi connectivity index (χ2n) is 5.84. The van der Waals surface area contributed by atoms with Gasteiger partial charge in [0.15, 0.2) is 11.5 Å². The van der Waals surface area contributed by atoms with Crippen LogP contribution in [0.25, 0.3) is 5.69 Å². The third-order valence-corrected chi connectivity index (χ3v) is 3.17. The minimum atomic E-state index is -0.958. The van der Waals surface area contributed by atoms with Gasteiger partial charge >= 0.3 is 0 Å². The van der Waals surface area contributed by atoms with Crippen LogP contribution in [0.3, 0.4) is 0 Å². The number of pyridine rings is 1. The Kier molecular flexibility index (Phi) is 5.08. The van der Waals surface area contributed by atoms with Crippen LogP contribution in [-0.4, -0.2) is 34.1 Å². The third kappa shape index (κ3) is 4.34. The Morgan fingerprint density at radius 2 is 1.91 bits per heavy atom. The fourth-order valence-electron chi connectivity index (χ4n) is 2.01. The molecule has 0 aliphatic rings. The number of hydrogen-bond acceptors (Lipinski definition) is 5. The van der Waals surface area contributed by atoms with Crippen molar-refractivity contribution < 1.29 is 19.7 Å². The Morgan fingerprint density at radius 1 is 1.17 bits per heavy atom. The molecular formula is C17H21NO5. The molecule has 0 saturated carbocycles. The van der Waals surface area contributed by atoms with Crippen molar-refractivity contribution in [3.63, 3.8) is 0 Å². The zero-order chi connectivity index (χ0) is 17.0. The van der Waals surface area contributed by atoms with Gasteiger partial charge in [-0.1, -0.05) is 0 Å². The summed E-state index contributed by atoms with van der Waals surface area (Å²) in [6, 6.07) is 8.14. The molecule has 0 amide bonds. The molecule has 6 nitrogen and oxygen atoms in total. The number of hydrogen-bond donors (Lipinski definition) is 2. The lowest BCUT2D eigenvalue weighted by Crippen LogP contribution is -2.28. The van der Waals surface area contributed by atoms with Gasteiger partial charge in [0.1, 0.15) is 6.61 Å². The molecular weight excluding hydrogens is 298 g/mol. The lowest BCUT2D eigenvalue weighted by Gasteiger charge is -2.19. The average Bonchev–Trinajstić information content (AvgIpc) is 2.52. The molecule has 0 bridgehead atoms. The molecule has 0 fully saturated rings. The summed E-state index contributed by atoms with van der Waals surface area (Å²) in [5.74, 6) is 0.947. The van der Waals surface area contributed by atoms with Crippen molar-refractivity contribution in [2.75, 3.05) is 13.7 Å². The van der Waals surface area contributed by atoms with E-state index in [1.54, 1.807) is 44.3 Å². The molecule has 1 aromatic carbocycles. The first-order chi connectivity index (χ1) is 10.8. The molecule has 23 heavy (non-hydrogen) atoms. The highest BCUT2D eigenvalue weighted by Gasteiger charge is 2.15. The summed E-state index contributed by atoms with van der Waals surface area (Å²) >= 11 is 0. The molecule has 0 atom stereocenters. The Hall–Kier alpha value is -2.31. The summed E-state index contributed by atoms with van der Waals surface area (Å²) in [6.07, 6.45) is 1.60. The molecule has 0 aliphatic carbocycles. The molecule has 6 heteroatoms. The van der Waals surface area contributed by atoms with E-state index in [1.165, 1.54) is 17.7 Å². The van der Waals surface area contributed by atoms with Crippen LogP contribution in [0, 0.1) is 0 Å². The summed E-state index contributed by atoms with van der Waals surface area (Å²) in [5, 5.41) is 18.8. The number of benzene rings is 1. The van der Waals surface area contributed by atoms with Crippen LogP contribution in [-0.2, 0) is 6.61 Å². The standard InChI is InChI=1S/C17H21NO5/c1-17(2,21)11-23-14-5-4-13(9-15(14)22-3)18-7-6-12(10-19)8-16(18)20/h4-9,19,21H,10-11H2,1-3H3. The maximum atomic E-state index is 12.1. The molecule has 0 spiro atoms. The Balaban J connectivity index is 2.33. The van der Waals surface area contributed by atoms with Crippen molar-refractivity contribution in [3.05, 3.63) is 52.4 Å². The molecule has 0 aliphatic heterocycles. The molecule has 0 radical (unpaired) electrons. The largest absolute Gasteiger partial charge is 0.493 e. The molecule has 1 heterocycles. The quantitative estimate of drug-likeness (QED) is 0.843. The SMILES string of the molecule is COc1cc(-n2ccc(CO)cc2=O)ccc1OCC(C)(C)O. The first kappa shape index (κ1) is 17.1. The predicted molar refractivity (Wildman–Crippen MR) is 86.3 cm³/mol. The highest BCUT2D eigenvalue weighted by Crippen LogP contribution is 2.29. The first-order valence-electron chi connectivity index (χ1n) is 7.20. The first-order valence-corrected chi connectivity index (χ1v) is 7.20. The number of methoxy groups -OCH3 is 1. The lowest BCUT2D eigenvalue weighted by atomic mass is 10.2. The van der Waals surface area contributed by atoms with E-state index in [9.17, 15) is 9.90 Å². The monoisotopic (exact) mass is 319 g/mol. The van der Waals surface area contributed by atoms with Gasteiger partial charge in [0.2, 0.25) is 0 Å². The highest BCUT2D eigenvalue weighted by molar-refractivity contribution is 5.49. The minimum Gasteiger partial charge on any atom is -0.493 e. The second-order valence-corrected chi connectivity index (χ2v) is 5.84. The normalized spacial score (nSPS) is 11.3. The number of aliphatic hydroxyl groups is 2. The van der Waals surface area contributed by atoms with E-state index in [1.807, 2.05) is 0 Å². The molecule has 2 rings (SSSR count). The van der Waals surface area contributed by atoms with Crippen molar-refractivity contribution >= 4 is 0 Å². The number of ether oxygens (including phenoxy) is 2. The molecule has 2 N–H and O–H groups in total. The third-order valence-electron chi connectivity index (χ3n) is 3.17. The van der Waals surface area contributed by atoms with Crippen LogP contribution in [0.1, 0.15) is 19.4 Å². The summed E-state index contributed by atoms with van der Waals surface area (Å²) < 4.78 is 12.3. The zero-order valence-electron chi connectivity index (χ0n) is 13.4. The van der Waals surface area contributed by atoms with Crippen LogP contribution < -0.4 is 15.0 Å². The van der Waals surface area contributed by atoms with Crippen molar-refractivity contribution in [3.8, 4) is 17.2 Å². The predicted octanol–water partition coefficient (Wildman–Crippen LogP) is 1.49. The van der Waals surface area contributed by atoms with Gasteiger partial charge in [-0.25, -0.2) is 0 Å². The van der Waals surface area contributed by atoms with E-state index in [0.717, 1.165) is 0 Å². The topological polar surface area (TPSA) is 80.9 Å². The zero-order valence-corrected chi connectivity index (χ0v) is 13.4. The van der Waals surface area contributed by atoms with Gasteiger partial charge in [-0.2, -0.15) is 0 Å². The van der Waals surface area contributed by atoms with E-state index >= 15 is 0 Å². The maximum absolute atomic E-state index is 12.1. The van der Waals surface area contributed by atoms with E-state index in [2.05, 4.69) is 0 Å². The minimum absolute atomic E-state index is 0.119. The van der Waals surface area contributed by atoms with Gasteiger partial charge in [-0.15, -0.1) is 0 Å². The Morgan fingerprint density at radius 3 is 2.48 bits per heavy atom. The summed E-state index contributed by atoms with van der Waals surface area (Å²) in [4.78, 5) is 12.1. The van der Waals surface area contributed by atoms with Crippen molar-refractivity contribution in [1.29, 1.82) is 0 Å². The van der Waals surface area contributed by atoms with Crippen molar-refractivity contribution in [2.24, 2.45) is 0 Å². The van der Waals surface area contributed by atoms with Crippen LogP contribution in [0.5, 0.6) is 11.5 Å². The number of aromatic nitrogens is 1. The van der Waals surface area contributed by atoms with Gasteiger partial charge in [-0.05, 0) is 37.6 Å². The van der Waals surface area contributed by atoms with Crippen molar-refractivity contribution in [2.45, 2.75) is 26.1 Å². The second kappa shape index (κ2) is 6.85. The van der Waals surface area contributed by atoms with Crippen molar-refractivity contribution in [1.82, 2.24) is 4.57 Å². The number of nitrogens with zero attached hydrogens (tertiary/aromatic N) is 1. The van der Waals surface area contributed by atoms with Gasteiger partial charge in [0, 0.05) is 18.3 Å². The summed E-state index contributed by atoms with van der Waals surface area (Å²) in [5.41, 5.74) is -0.0279. The molecule has 2 aromatic rings. The summed E-state index contributed by atoms with van der Waals surface area (Å²) in [6.45, 7) is 3.24. The van der Waals surface area contributed by atoms with Gasteiger partial charge in [0.25, 0.3) is 5.56 Å². The van der Waals surface area contributed by atoms with Crippen LogP contribution in [0.4, 0.5) is 0 Å². The fraction of sp³-hybridized carbons (Fsp3) is 0.353. The average molecular weight is 319 g/mol. The Bertz CT molecular complexity index is 730. The number of aliphatic hydroxyl groups excluding tert-OH is 1. The van der Waals surface area contributed by atoms with Gasteiger partial charge < -0.3 is 19.7 Å². The van der Waals surface area contributed by atoms with Crippen LogP contribution >= 0.6 is 0 Å². The van der Waals surface area contributed by atoms with E-state index in [-0.39, 0.29) is 18.8 Å². The lowest BCUT2D eigenvalue weighted by molar-refractivity contribution is 0.0276. The molecule has 0 saturated heterocycles. The van der Waals surface area contributed by atoms with Crippen LogP contribution in [0.2, 0.25) is 0 Å². The molecule has 0 unspecified atom stereocenters. The molecule has 1 aromatic heterocycles. The van der Waals surface area contributed by atoms with Gasteiger partial charge in [-0.3, -0.25) is 9.36 Å². The highest BCUT2D eigenvalue weighted by atomic mass is 16.5. The van der Waals surface area contributed by atoms with E-state index < -0.39 is 5.60 Å². The smallest absolute Gasteiger partial charge is 0.255 e. The fourth-order valence-corrected chi connectivity index (χ4v) is 2.01. The molecule has 124 valence electrons. The van der Waals surface area contributed by atoms with Gasteiger partial charge in [0.05, 0.1) is 25.0 Å². The number of rotatable bonds is 6.